The number of nitrogens with one attached hydrogen (secondary N) is 2. The molecule has 0 saturated carbocycles. The van der Waals surface area contributed by atoms with Gasteiger partial charge in [0.25, 0.3) is 0 Å². The molecule has 3 rings (SSSR count). The minimum atomic E-state index is -2.67. The van der Waals surface area contributed by atoms with E-state index >= 15 is 0 Å². The third kappa shape index (κ3) is 17.8. The molecular formula is C42H70N4O12Si2. The summed E-state index contributed by atoms with van der Waals surface area (Å²) < 4.78 is 58.3. The maximum absolute atomic E-state index is 12.2. The second-order valence-corrected chi connectivity index (χ2v) is 19.1. The van der Waals surface area contributed by atoms with E-state index in [2.05, 4.69) is 20.6 Å². The molecule has 0 aliphatic rings. The summed E-state index contributed by atoms with van der Waals surface area (Å²) in [5.41, 5.74) is 1.44. The molecule has 18 heteroatoms. The lowest BCUT2D eigenvalue weighted by Crippen LogP contribution is -2.46. The van der Waals surface area contributed by atoms with Crippen molar-refractivity contribution in [3.63, 3.8) is 0 Å². The van der Waals surface area contributed by atoms with Gasteiger partial charge in [0.2, 0.25) is 0 Å². The molecule has 60 heavy (non-hydrogen) atoms. The Morgan fingerprint density at radius 3 is 1.18 bits per heavy atom. The zero-order valence-corrected chi connectivity index (χ0v) is 38.8. The number of carbonyl (C=O) groups excluding carboxylic acids is 2. The number of fused-ring (bicyclic) bond motifs is 3. The van der Waals surface area contributed by atoms with Crippen molar-refractivity contribution in [3.8, 4) is 11.5 Å². The number of nitrogens with zero attached hydrogens (tertiary/aromatic N) is 2. The van der Waals surface area contributed by atoms with E-state index in [1.165, 1.54) is 0 Å². The monoisotopic (exact) mass is 878 g/mol. The lowest BCUT2D eigenvalue weighted by atomic mass is 10.1. The van der Waals surface area contributed by atoms with E-state index < -0.39 is 29.8 Å². The smallest absolute Gasteiger partial charge is 0.493 e. The van der Waals surface area contributed by atoms with Gasteiger partial charge in [-0.1, -0.05) is 0 Å². The Labute approximate surface area is 358 Å². The number of ether oxygens (including phenoxy) is 4. The second kappa shape index (κ2) is 29.6. The standard InChI is InChI=1S/C42H70N4O12Si2/c1-7-53-59(54-8-2,55-9-3)33-19-13-25-45-41(47)51-31-17-15-29-49-37-23-27-43-39-35(37)21-22-36-38(24-28-44-40(36)39)50-30-16-18-32-52-42(48)46-26-14-20-34-60(56-10-4,57-11-5)58-12-6/h21-24,27-28H,7-20,25-26,29-34H2,1-6H3,(H,45,47)(H,46,48). The van der Waals surface area contributed by atoms with Crippen LogP contribution in [0.15, 0.2) is 36.7 Å². The molecule has 2 amide bonds. The van der Waals surface area contributed by atoms with Gasteiger partial charge < -0.3 is 56.1 Å². The van der Waals surface area contributed by atoms with Crippen molar-refractivity contribution in [2.45, 2.75) is 105 Å². The van der Waals surface area contributed by atoms with Crippen LogP contribution in [-0.2, 0) is 36.0 Å². The van der Waals surface area contributed by atoms with Gasteiger partial charge in [-0.05, 0) is 117 Å². The van der Waals surface area contributed by atoms with Gasteiger partial charge >= 0.3 is 29.8 Å². The highest BCUT2D eigenvalue weighted by molar-refractivity contribution is 6.61. The molecule has 0 spiro atoms. The summed E-state index contributed by atoms with van der Waals surface area (Å²) in [5, 5.41) is 7.33. The van der Waals surface area contributed by atoms with Crippen LogP contribution in [0.25, 0.3) is 21.8 Å². The molecular weight excluding hydrogens is 809 g/mol. The first kappa shape index (κ1) is 50.7. The summed E-state index contributed by atoms with van der Waals surface area (Å²) in [5.74, 6) is 1.41. The van der Waals surface area contributed by atoms with E-state index in [0.717, 1.165) is 47.5 Å². The molecule has 0 saturated heterocycles. The van der Waals surface area contributed by atoms with E-state index in [9.17, 15) is 9.59 Å². The van der Waals surface area contributed by atoms with E-state index in [4.69, 9.17) is 45.5 Å². The zero-order valence-electron chi connectivity index (χ0n) is 36.8. The summed E-state index contributed by atoms with van der Waals surface area (Å²) in [7, 11) is -5.34. The number of hydrogen-bond acceptors (Lipinski definition) is 14. The third-order valence-corrected chi connectivity index (χ3v) is 15.4. The molecule has 2 N–H and O–H groups in total. The number of rotatable bonds is 34. The van der Waals surface area contributed by atoms with Gasteiger partial charge in [-0.25, -0.2) is 9.59 Å². The van der Waals surface area contributed by atoms with Gasteiger partial charge in [0.1, 0.15) is 22.5 Å². The highest BCUT2D eigenvalue weighted by Gasteiger charge is 2.40. The molecule has 2 heterocycles. The number of amides is 2. The van der Waals surface area contributed by atoms with Crippen LogP contribution in [0.4, 0.5) is 9.59 Å². The van der Waals surface area contributed by atoms with Crippen LogP contribution in [0.2, 0.25) is 12.1 Å². The number of carbonyl (C=O) groups is 2. The van der Waals surface area contributed by atoms with Crippen molar-refractivity contribution in [2.75, 3.05) is 79.2 Å². The number of alkyl carbamates (subject to hydrolysis) is 2. The number of benzene rings is 1. The Bertz CT molecular complexity index is 1510. The van der Waals surface area contributed by atoms with Crippen molar-refractivity contribution in [3.05, 3.63) is 36.7 Å². The third-order valence-electron chi connectivity index (χ3n) is 9.14. The van der Waals surface area contributed by atoms with Gasteiger partial charge in [0.05, 0.1) is 26.4 Å². The highest BCUT2D eigenvalue weighted by Crippen LogP contribution is 2.33. The van der Waals surface area contributed by atoms with Crippen LogP contribution in [-0.4, -0.2) is 119 Å². The first-order chi connectivity index (χ1) is 29.3. The number of hydrogen-bond donors (Lipinski definition) is 2. The maximum atomic E-state index is 12.2. The molecule has 3 aromatic rings. The molecule has 338 valence electrons. The van der Waals surface area contributed by atoms with Gasteiger partial charge in [-0.15, -0.1) is 0 Å². The Balaban J connectivity index is 1.32. The normalized spacial score (nSPS) is 11.8. The summed E-state index contributed by atoms with van der Waals surface area (Å²) in [4.78, 5) is 33.6. The molecule has 2 aromatic heterocycles. The van der Waals surface area contributed by atoms with Crippen molar-refractivity contribution < 1.29 is 55.1 Å². The largest absolute Gasteiger partial charge is 0.500 e. The van der Waals surface area contributed by atoms with Gasteiger partial charge in [-0.2, -0.15) is 0 Å². The first-order valence-corrected chi connectivity index (χ1v) is 25.7. The summed E-state index contributed by atoms with van der Waals surface area (Å²) in [6, 6.07) is 9.04. The first-order valence-electron chi connectivity index (χ1n) is 21.9. The molecule has 16 nitrogen and oxygen atoms in total. The number of unbranched alkanes of at least 4 members (excludes halogenated alkanes) is 4. The summed E-state index contributed by atoms with van der Waals surface area (Å²) >= 11 is 0. The molecule has 0 fully saturated rings. The van der Waals surface area contributed by atoms with E-state index in [-0.39, 0.29) is 0 Å². The fraction of sp³-hybridized carbons (Fsp3) is 0.667. The van der Waals surface area contributed by atoms with Gasteiger partial charge in [0.15, 0.2) is 0 Å². The molecule has 0 radical (unpaired) electrons. The van der Waals surface area contributed by atoms with Crippen LogP contribution in [0.1, 0.15) is 92.9 Å². The SMILES string of the molecule is CCO[Si](CCCCNC(=O)OCCCCOc1ccnc2c1ccc1c(OCCCCOC(=O)NCCCC[Si](OCC)(OCC)OCC)ccnc12)(OCC)OCC. The maximum Gasteiger partial charge on any atom is 0.500 e. The van der Waals surface area contributed by atoms with Gasteiger partial charge in [0, 0.05) is 88.0 Å². The van der Waals surface area contributed by atoms with Crippen molar-refractivity contribution in [2.24, 2.45) is 0 Å². The van der Waals surface area contributed by atoms with Crippen molar-refractivity contribution in [1.29, 1.82) is 0 Å². The van der Waals surface area contributed by atoms with Crippen molar-refractivity contribution >= 4 is 51.6 Å². The van der Waals surface area contributed by atoms with Crippen LogP contribution in [0.3, 0.4) is 0 Å². The topological polar surface area (TPSA) is 176 Å². The summed E-state index contributed by atoms with van der Waals surface area (Å²) in [6.45, 7) is 17.4. The molecule has 0 atom stereocenters. The molecule has 0 bridgehead atoms. The average Bonchev–Trinajstić information content (AvgIpc) is 3.23. The van der Waals surface area contributed by atoms with Crippen molar-refractivity contribution in [1.82, 2.24) is 20.6 Å². The predicted octanol–water partition coefficient (Wildman–Crippen LogP) is 8.21. The quantitative estimate of drug-likeness (QED) is 0.0333. The van der Waals surface area contributed by atoms with E-state index in [1.807, 2.05) is 65.8 Å². The van der Waals surface area contributed by atoms with E-state index in [0.29, 0.717) is 128 Å². The van der Waals surface area contributed by atoms with E-state index in [1.54, 1.807) is 12.4 Å². The minimum absolute atomic E-state index is 0.296. The van der Waals surface area contributed by atoms with Gasteiger partial charge in [-0.3, -0.25) is 9.97 Å². The molecule has 0 unspecified atom stereocenters. The predicted molar refractivity (Wildman–Crippen MR) is 235 cm³/mol. The second-order valence-electron chi connectivity index (χ2n) is 13.6. The van der Waals surface area contributed by atoms with Crippen LogP contribution >= 0.6 is 0 Å². The highest BCUT2D eigenvalue weighted by atomic mass is 28.4. The fourth-order valence-corrected chi connectivity index (χ4v) is 11.9. The number of aromatic nitrogens is 2. The zero-order chi connectivity index (χ0) is 43.3. The lowest BCUT2D eigenvalue weighted by Gasteiger charge is -2.28. The number of pyridine rings is 2. The lowest BCUT2D eigenvalue weighted by molar-refractivity contribution is 0.0698. The van der Waals surface area contributed by atoms with Crippen LogP contribution in [0, 0.1) is 0 Å². The molecule has 0 aliphatic heterocycles. The molecule has 1 aromatic carbocycles. The Hall–Kier alpha value is -3.63. The average molecular weight is 879 g/mol. The Morgan fingerprint density at radius 2 is 0.833 bits per heavy atom. The Kier molecular flexibility index (Phi) is 25.0. The van der Waals surface area contributed by atoms with Crippen LogP contribution < -0.4 is 20.1 Å². The minimum Gasteiger partial charge on any atom is -0.493 e. The molecule has 0 aliphatic carbocycles. The Morgan fingerprint density at radius 1 is 0.483 bits per heavy atom. The van der Waals surface area contributed by atoms with Crippen LogP contribution in [0.5, 0.6) is 11.5 Å². The summed E-state index contributed by atoms with van der Waals surface area (Å²) in [6.07, 6.45) is 8.48. The fourth-order valence-electron chi connectivity index (χ4n) is 6.55.